The minimum atomic E-state index is -0.189. The van der Waals surface area contributed by atoms with Crippen molar-refractivity contribution >= 4 is 23.2 Å². The number of aryl methyl sites for hydroxylation is 1. The van der Waals surface area contributed by atoms with Crippen LogP contribution in [0, 0.1) is 6.92 Å². The lowest BCUT2D eigenvalue weighted by Gasteiger charge is -2.09. The maximum absolute atomic E-state index is 12.3. The molecule has 0 fully saturated rings. The number of halogens is 1. The van der Waals surface area contributed by atoms with Crippen molar-refractivity contribution < 1.29 is 4.79 Å². The second-order valence-electron chi connectivity index (χ2n) is 5.99. The summed E-state index contributed by atoms with van der Waals surface area (Å²) in [6, 6.07) is 19.2. The van der Waals surface area contributed by atoms with E-state index in [4.69, 9.17) is 11.6 Å². The summed E-state index contributed by atoms with van der Waals surface area (Å²) in [6.45, 7) is 3.11. The maximum Gasteiger partial charge on any atom is 0.270 e. The predicted molar refractivity (Wildman–Crippen MR) is 105 cm³/mol. The molecule has 1 heterocycles. The average molecular weight is 366 g/mol. The minimum absolute atomic E-state index is 0.189. The van der Waals surface area contributed by atoms with Gasteiger partial charge in [0.2, 0.25) is 0 Å². The number of pyridine rings is 1. The van der Waals surface area contributed by atoms with Crippen molar-refractivity contribution in [2.45, 2.75) is 20.0 Å². The predicted octanol–water partition coefficient (Wildman–Crippen LogP) is 4.59. The molecule has 1 amide bonds. The molecule has 3 rings (SSSR count). The normalized spacial score (nSPS) is 10.4. The van der Waals surface area contributed by atoms with E-state index in [0.29, 0.717) is 18.8 Å². The molecule has 0 unspecified atom stereocenters. The highest BCUT2D eigenvalue weighted by atomic mass is 35.5. The van der Waals surface area contributed by atoms with Crippen LogP contribution in [0.15, 0.2) is 66.9 Å². The number of benzene rings is 2. The van der Waals surface area contributed by atoms with E-state index in [2.05, 4.69) is 15.6 Å². The highest BCUT2D eigenvalue weighted by Gasteiger charge is 2.08. The summed E-state index contributed by atoms with van der Waals surface area (Å²) in [4.78, 5) is 16.5. The molecule has 1 aromatic heterocycles. The topological polar surface area (TPSA) is 54.0 Å². The van der Waals surface area contributed by atoms with Crippen LogP contribution in [0.1, 0.15) is 27.2 Å². The molecule has 0 aliphatic carbocycles. The Morgan fingerprint density at radius 1 is 0.962 bits per heavy atom. The van der Waals surface area contributed by atoms with Crippen molar-refractivity contribution in [3.8, 4) is 0 Å². The Morgan fingerprint density at radius 2 is 1.69 bits per heavy atom. The zero-order chi connectivity index (χ0) is 18.4. The van der Waals surface area contributed by atoms with Crippen molar-refractivity contribution in [3.05, 3.63) is 94.3 Å². The molecule has 0 aliphatic rings. The third-order valence-electron chi connectivity index (χ3n) is 4.14. The number of hydrogen-bond donors (Lipinski definition) is 2. The van der Waals surface area contributed by atoms with Gasteiger partial charge in [-0.2, -0.15) is 0 Å². The lowest BCUT2D eigenvalue weighted by atomic mass is 10.1. The Bertz CT molecular complexity index is 894. The summed E-state index contributed by atoms with van der Waals surface area (Å²) in [7, 11) is 0. The van der Waals surface area contributed by atoms with Gasteiger partial charge in [-0.1, -0.05) is 54.1 Å². The van der Waals surface area contributed by atoms with E-state index in [-0.39, 0.29) is 5.91 Å². The average Bonchev–Trinajstić information content (AvgIpc) is 2.67. The van der Waals surface area contributed by atoms with E-state index in [1.54, 1.807) is 12.3 Å². The molecule has 4 nitrogen and oxygen atoms in total. The van der Waals surface area contributed by atoms with Crippen molar-refractivity contribution in [1.82, 2.24) is 10.3 Å². The van der Waals surface area contributed by atoms with Crippen LogP contribution in [0.4, 0.5) is 5.69 Å². The Morgan fingerprint density at radius 3 is 2.38 bits per heavy atom. The van der Waals surface area contributed by atoms with Crippen LogP contribution >= 0.6 is 11.6 Å². The van der Waals surface area contributed by atoms with Gasteiger partial charge < -0.3 is 10.6 Å². The van der Waals surface area contributed by atoms with Gasteiger partial charge >= 0.3 is 0 Å². The van der Waals surface area contributed by atoms with Crippen LogP contribution in [-0.4, -0.2) is 10.9 Å². The van der Waals surface area contributed by atoms with Crippen LogP contribution in [0.2, 0.25) is 5.02 Å². The highest BCUT2D eigenvalue weighted by Crippen LogP contribution is 2.17. The number of carbonyl (C=O) groups is 1. The van der Waals surface area contributed by atoms with E-state index in [1.807, 2.05) is 61.5 Å². The fourth-order valence-electron chi connectivity index (χ4n) is 2.55. The monoisotopic (exact) mass is 365 g/mol. The molecule has 0 saturated heterocycles. The number of hydrogen-bond acceptors (Lipinski definition) is 3. The Labute approximate surface area is 158 Å². The second-order valence-corrected chi connectivity index (χ2v) is 6.39. The van der Waals surface area contributed by atoms with E-state index >= 15 is 0 Å². The van der Waals surface area contributed by atoms with Crippen LogP contribution in [-0.2, 0) is 13.1 Å². The smallest absolute Gasteiger partial charge is 0.270 e. The quantitative estimate of drug-likeness (QED) is 0.672. The SMILES string of the molecule is Cc1ccccc1CNC(=O)c1ccc(NCc2ccccc2Cl)cn1. The van der Waals surface area contributed by atoms with Gasteiger partial charge in [0.05, 0.1) is 11.9 Å². The number of anilines is 1. The Kier molecular flexibility index (Phi) is 5.87. The summed E-state index contributed by atoms with van der Waals surface area (Å²) >= 11 is 6.15. The molecule has 2 N–H and O–H groups in total. The molecule has 132 valence electrons. The van der Waals surface area contributed by atoms with Gasteiger partial charge in [0.25, 0.3) is 5.91 Å². The molecule has 0 aliphatic heterocycles. The molecule has 0 saturated carbocycles. The Hall–Kier alpha value is -2.85. The fraction of sp³-hybridized carbons (Fsp3) is 0.143. The van der Waals surface area contributed by atoms with Gasteiger partial charge in [-0.25, -0.2) is 4.98 Å². The van der Waals surface area contributed by atoms with Crippen molar-refractivity contribution in [2.24, 2.45) is 0 Å². The zero-order valence-corrected chi connectivity index (χ0v) is 15.3. The number of carbonyl (C=O) groups excluding carboxylic acids is 1. The number of nitrogens with one attached hydrogen (secondary N) is 2. The van der Waals surface area contributed by atoms with Crippen LogP contribution in [0.3, 0.4) is 0 Å². The first-order valence-corrected chi connectivity index (χ1v) is 8.77. The first kappa shape index (κ1) is 18.0. The molecule has 26 heavy (non-hydrogen) atoms. The highest BCUT2D eigenvalue weighted by molar-refractivity contribution is 6.31. The van der Waals surface area contributed by atoms with Gasteiger partial charge in [0.15, 0.2) is 0 Å². The summed E-state index contributed by atoms with van der Waals surface area (Å²) < 4.78 is 0. The van der Waals surface area contributed by atoms with Gasteiger partial charge in [-0.3, -0.25) is 4.79 Å². The van der Waals surface area contributed by atoms with Gasteiger partial charge in [0.1, 0.15) is 5.69 Å². The third-order valence-corrected chi connectivity index (χ3v) is 4.51. The molecule has 0 radical (unpaired) electrons. The van der Waals surface area contributed by atoms with Gasteiger partial charge in [-0.15, -0.1) is 0 Å². The minimum Gasteiger partial charge on any atom is -0.380 e. The zero-order valence-electron chi connectivity index (χ0n) is 14.5. The molecule has 5 heteroatoms. The lowest BCUT2D eigenvalue weighted by molar-refractivity contribution is 0.0946. The molecule has 3 aromatic rings. The molecular weight excluding hydrogens is 346 g/mol. The van der Waals surface area contributed by atoms with E-state index in [1.165, 1.54) is 0 Å². The first-order valence-electron chi connectivity index (χ1n) is 8.39. The van der Waals surface area contributed by atoms with E-state index in [0.717, 1.165) is 27.4 Å². The molecular formula is C21H20ClN3O. The Balaban J connectivity index is 1.56. The molecule has 0 atom stereocenters. The van der Waals surface area contributed by atoms with E-state index < -0.39 is 0 Å². The third kappa shape index (κ3) is 4.61. The first-order chi connectivity index (χ1) is 12.6. The van der Waals surface area contributed by atoms with Crippen molar-refractivity contribution in [2.75, 3.05) is 5.32 Å². The number of rotatable bonds is 6. The largest absolute Gasteiger partial charge is 0.380 e. The molecule has 0 bridgehead atoms. The lowest BCUT2D eigenvalue weighted by Crippen LogP contribution is -2.24. The van der Waals surface area contributed by atoms with Gasteiger partial charge in [-0.05, 0) is 41.8 Å². The van der Waals surface area contributed by atoms with Crippen LogP contribution < -0.4 is 10.6 Å². The number of nitrogens with zero attached hydrogens (tertiary/aromatic N) is 1. The number of aromatic nitrogens is 1. The van der Waals surface area contributed by atoms with Crippen molar-refractivity contribution in [3.63, 3.8) is 0 Å². The molecule has 2 aromatic carbocycles. The van der Waals surface area contributed by atoms with Crippen LogP contribution in [0.5, 0.6) is 0 Å². The summed E-state index contributed by atoms with van der Waals surface area (Å²) in [5.74, 6) is -0.189. The maximum atomic E-state index is 12.3. The summed E-state index contributed by atoms with van der Waals surface area (Å²) in [5.41, 5.74) is 4.48. The van der Waals surface area contributed by atoms with Gasteiger partial charge in [0, 0.05) is 18.1 Å². The van der Waals surface area contributed by atoms with Crippen molar-refractivity contribution in [1.29, 1.82) is 0 Å². The summed E-state index contributed by atoms with van der Waals surface area (Å²) in [5, 5.41) is 6.88. The summed E-state index contributed by atoms with van der Waals surface area (Å²) in [6.07, 6.45) is 1.65. The van der Waals surface area contributed by atoms with E-state index in [9.17, 15) is 4.79 Å². The molecule has 0 spiro atoms. The number of amides is 1. The second kappa shape index (κ2) is 8.50. The standard InChI is InChI=1S/C21H20ClN3O/c1-15-6-2-3-7-16(15)12-25-21(26)20-11-10-18(14-24-20)23-13-17-8-4-5-9-19(17)22/h2-11,14,23H,12-13H2,1H3,(H,25,26). The fourth-order valence-corrected chi connectivity index (χ4v) is 2.75. The van der Waals surface area contributed by atoms with Crippen LogP contribution in [0.25, 0.3) is 0 Å².